The van der Waals surface area contributed by atoms with Crippen molar-refractivity contribution in [2.75, 3.05) is 19.8 Å². The van der Waals surface area contributed by atoms with Crippen LogP contribution in [0.2, 0.25) is 0 Å². The Morgan fingerprint density at radius 3 is 2.86 bits per heavy atom. The molecule has 22 heavy (non-hydrogen) atoms. The summed E-state index contributed by atoms with van der Waals surface area (Å²) in [5.41, 5.74) is 0. The van der Waals surface area contributed by atoms with Crippen LogP contribution in [0.15, 0.2) is 22.5 Å². The number of ether oxygens (including phenoxy) is 2. The van der Waals surface area contributed by atoms with Crippen LogP contribution in [0.25, 0.3) is 0 Å². The first-order valence-corrected chi connectivity index (χ1v) is 8.80. The Morgan fingerprint density at radius 2 is 2.18 bits per heavy atom. The minimum atomic E-state index is -0.166. The lowest BCUT2D eigenvalue weighted by atomic mass is 9.96. The number of amidine groups is 1. The molecule has 2 rings (SSSR count). The average molecular weight is 324 g/mol. The zero-order valence-electron chi connectivity index (χ0n) is 13.0. The minimum absolute atomic E-state index is 0.166. The predicted octanol–water partition coefficient (Wildman–Crippen LogP) is 3.22. The van der Waals surface area contributed by atoms with Crippen LogP contribution >= 0.6 is 11.3 Å². The number of hydrogen-bond acceptors (Lipinski definition) is 5. The molecule has 0 radical (unpaired) electrons. The highest BCUT2D eigenvalue weighted by molar-refractivity contribution is 7.12. The fraction of sp³-hybridized carbons (Fsp3) is 0.625. The van der Waals surface area contributed by atoms with Gasteiger partial charge in [0.05, 0.1) is 17.5 Å². The van der Waals surface area contributed by atoms with E-state index in [-0.39, 0.29) is 11.9 Å². The van der Waals surface area contributed by atoms with Gasteiger partial charge in [-0.05, 0) is 31.2 Å². The number of rotatable bonds is 6. The summed E-state index contributed by atoms with van der Waals surface area (Å²) >= 11 is 1.40. The van der Waals surface area contributed by atoms with Gasteiger partial charge in [0, 0.05) is 6.61 Å². The molecule has 1 fully saturated rings. The first-order valence-electron chi connectivity index (χ1n) is 7.92. The van der Waals surface area contributed by atoms with Crippen LogP contribution in [0.3, 0.4) is 0 Å². The van der Waals surface area contributed by atoms with Crippen molar-refractivity contribution in [1.82, 2.24) is 5.32 Å². The molecule has 1 amide bonds. The molecule has 1 saturated carbocycles. The number of carbonyl (C=O) groups excluding carboxylic acids is 1. The smallest absolute Gasteiger partial charge is 0.292 e. The van der Waals surface area contributed by atoms with Crippen molar-refractivity contribution >= 4 is 23.3 Å². The van der Waals surface area contributed by atoms with Gasteiger partial charge in [-0.1, -0.05) is 25.3 Å². The van der Waals surface area contributed by atoms with Crippen molar-refractivity contribution in [3.63, 3.8) is 0 Å². The third-order valence-corrected chi connectivity index (χ3v) is 4.38. The summed E-state index contributed by atoms with van der Waals surface area (Å²) in [5, 5.41) is 4.67. The van der Waals surface area contributed by atoms with Gasteiger partial charge in [-0.3, -0.25) is 10.1 Å². The summed E-state index contributed by atoms with van der Waals surface area (Å²) in [6.07, 6.45) is 5.78. The molecule has 1 N–H and O–H groups in total. The maximum absolute atomic E-state index is 12.2. The number of carbonyl (C=O) groups is 1. The quantitative estimate of drug-likeness (QED) is 0.496. The van der Waals surface area contributed by atoms with Gasteiger partial charge in [-0.25, -0.2) is 4.99 Å². The Kier molecular flexibility index (Phi) is 7.39. The Hall–Kier alpha value is -1.40. The van der Waals surface area contributed by atoms with Crippen LogP contribution in [0, 0.1) is 0 Å². The number of aliphatic imine (C=N–C) groups is 1. The standard InChI is InChI=1S/C16H24N2O3S/c1-2-20-10-11-21-16(17-13-7-4-3-5-8-13)18-15(19)14-9-6-12-22-14/h6,9,12-13H,2-5,7-8,10-11H2,1H3,(H,17,18,19). The highest BCUT2D eigenvalue weighted by Gasteiger charge is 2.16. The molecular formula is C16H24N2O3S. The molecule has 1 aliphatic rings. The Bertz CT molecular complexity index is 468. The maximum atomic E-state index is 12.2. The average Bonchev–Trinajstić information content (AvgIpc) is 3.07. The van der Waals surface area contributed by atoms with Crippen LogP contribution in [-0.2, 0) is 9.47 Å². The van der Waals surface area contributed by atoms with E-state index >= 15 is 0 Å². The van der Waals surface area contributed by atoms with Gasteiger partial charge in [-0.15, -0.1) is 11.3 Å². The van der Waals surface area contributed by atoms with Crippen molar-refractivity contribution < 1.29 is 14.3 Å². The summed E-state index contributed by atoms with van der Waals surface area (Å²) in [4.78, 5) is 17.4. The molecule has 122 valence electrons. The van der Waals surface area contributed by atoms with E-state index < -0.39 is 0 Å². The van der Waals surface area contributed by atoms with Crippen molar-refractivity contribution in [1.29, 1.82) is 0 Å². The lowest BCUT2D eigenvalue weighted by Gasteiger charge is -2.19. The molecule has 0 aromatic carbocycles. The predicted molar refractivity (Wildman–Crippen MR) is 88.5 cm³/mol. The zero-order valence-corrected chi connectivity index (χ0v) is 13.9. The van der Waals surface area contributed by atoms with Crippen LogP contribution in [-0.4, -0.2) is 37.8 Å². The Balaban J connectivity index is 1.93. The molecule has 0 saturated heterocycles. The topological polar surface area (TPSA) is 59.9 Å². The summed E-state index contributed by atoms with van der Waals surface area (Å²) in [6, 6.07) is 4.22. The van der Waals surface area contributed by atoms with Gasteiger partial charge >= 0.3 is 0 Å². The summed E-state index contributed by atoms with van der Waals surface area (Å²) < 4.78 is 10.9. The van der Waals surface area contributed by atoms with Gasteiger partial charge in [0.25, 0.3) is 11.9 Å². The van der Waals surface area contributed by atoms with E-state index in [0.29, 0.717) is 30.7 Å². The van der Waals surface area contributed by atoms with Gasteiger partial charge in [0.1, 0.15) is 6.61 Å². The normalized spacial score (nSPS) is 16.5. The highest BCUT2D eigenvalue weighted by atomic mass is 32.1. The molecule has 6 heteroatoms. The molecule has 0 aliphatic heterocycles. The second kappa shape index (κ2) is 9.58. The summed E-state index contributed by atoms with van der Waals surface area (Å²) in [7, 11) is 0. The second-order valence-corrected chi connectivity index (χ2v) is 6.15. The van der Waals surface area contributed by atoms with E-state index in [1.54, 1.807) is 6.07 Å². The monoisotopic (exact) mass is 324 g/mol. The molecule has 0 unspecified atom stereocenters. The largest absolute Gasteiger partial charge is 0.463 e. The fourth-order valence-electron chi connectivity index (χ4n) is 2.39. The molecule has 0 atom stereocenters. The number of thiophene rings is 1. The number of nitrogens with zero attached hydrogens (tertiary/aromatic N) is 1. The zero-order chi connectivity index (χ0) is 15.6. The first-order chi connectivity index (χ1) is 10.8. The van der Waals surface area contributed by atoms with Gasteiger partial charge in [-0.2, -0.15) is 0 Å². The van der Waals surface area contributed by atoms with E-state index in [0.717, 1.165) is 12.8 Å². The summed E-state index contributed by atoms with van der Waals surface area (Å²) in [6.45, 7) is 3.48. The number of hydrogen-bond donors (Lipinski definition) is 1. The van der Waals surface area contributed by atoms with Crippen LogP contribution in [0.4, 0.5) is 0 Å². The fourth-order valence-corrected chi connectivity index (χ4v) is 3.01. The lowest BCUT2D eigenvalue weighted by Crippen LogP contribution is -2.34. The van der Waals surface area contributed by atoms with Gasteiger partial charge < -0.3 is 9.47 Å². The molecule has 1 aliphatic carbocycles. The maximum Gasteiger partial charge on any atom is 0.292 e. The molecule has 1 aromatic heterocycles. The Morgan fingerprint density at radius 1 is 1.36 bits per heavy atom. The van der Waals surface area contributed by atoms with E-state index in [1.807, 2.05) is 18.4 Å². The van der Waals surface area contributed by atoms with Gasteiger partial charge in [0.2, 0.25) is 0 Å². The minimum Gasteiger partial charge on any atom is -0.463 e. The third-order valence-electron chi connectivity index (χ3n) is 3.51. The first kappa shape index (κ1) is 17.0. The molecule has 5 nitrogen and oxygen atoms in total. The van der Waals surface area contributed by atoms with Crippen molar-refractivity contribution in [2.45, 2.75) is 45.1 Å². The number of nitrogens with one attached hydrogen (secondary N) is 1. The van der Waals surface area contributed by atoms with Crippen molar-refractivity contribution in [2.24, 2.45) is 4.99 Å². The van der Waals surface area contributed by atoms with Crippen LogP contribution in [0.1, 0.15) is 48.7 Å². The molecule has 0 spiro atoms. The van der Waals surface area contributed by atoms with E-state index in [2.05, 4.69) is 10.3 Å². The van der Waals surface area contributed by atoms with Crippen molar-refractivity contribution in [3.05, 3.63) is 22.4 Å². The highest BCUT2D eigenvalue weighted by Crippen LogP contribution is 2.20. The van der Waals surface area contributed by atoms with E-state index in [9.17, 15) is 4.79 Å². The van der Waals surface area contributed by atoms with Gasteiger partial charge in [0.15, 0.2) is 0 Å². The third kappa shape index (κ3) is 5.77. The molecule has 1 aromatic rings. The number of amides is 1. The molecular weight excluding hydrogens is 300 g/mol. The van der Waals surface area contributed by atoms with Crippen molar-refractivity contribution in [3.8, 4) is 0 Å². The lowest BCUT2D eigenvalue weighted by molar-refractivity contribution is 0.0923. The SMILES string of the molecule is CCOCCOC(=NC1CCCCC1)NC(=O)c1cccs1. The van der Waals surface area contributed by atoms with E-state index in [4.69, 9.17) is 9.47 Å². The Labute approximate surface area is 135 Å². The second-order valence-electron chi connectivity index (χ2n) is 5.20. The summed E-state index contributed by atoms with van der Waals surface area (Å²) in [5.74, 6) is -0.166. The van der Waals surface area contributed by atoms with E-state index in [1.165, 1.54) is 30.6 Å². The van der Waals surface area contributed by atoms with Crippen LogP contribution < -0.4 is 5.32 Å². The molecule has 0 bridgehead atoms. The molecule has 1 heterocycles. The van der Waals surface area contributed by atoms with Crippen LogP contribution in [0.5, 0.6) is 0 Å².